The van der Waals surface area contributed by atoms with Gasteiger partial charge in [-0.15, -0.1) is 0 Å². The minimum Gasteiger partial charge on any atom is -0.393 e. The molecule has 0 saturated heterocycles. The summed E-state index contributed by atoms with van der Waals surface area (Å²) in [7, 11) is 0. The molecular formula is C22H32O3. The van der Waals surface area contributed by atoms with Crippen LogP contribution in [0.1, 0.15) is 67.2 Å². The van der Waals surface area contributed by atoms with E-state index in [1.165, 1.54) is 37.3 Å². The zero-order valence-corrected chi connectivity index (χ0v) is 16.5. The Morgan fingerprint density at radius 3 is 2.56 bits per heavy atom. The molecule has 0 aromatic heterocycles. The van der Waals surface area contributed by atoms with Crippen LogP contribution in [0.15, 0.2) is 47.1 Å². The second kappa shape index (κ2) is 9.55. The summed E-state index contributed by atoms with van der Waals surface area (Å²) in [6.45, 7) is 12.1. The van der Waals surface area contributed by atoms with E-state index in [1.807, 2.05) is 25.2 Å². The monoisotopic (exact) mass is 344 g/mol. The van der Waals surface area contributed by atoms with Gasteiger partial charge in [0.05, 0.1) is 6.42 Å². The van der Waals surface area contributed by atoms with E-state index in [0.717, 1.165) is 5.57 Å². The van der Waals surface area contributed by atoms with Crippen molar-refractivity contribution >= 4 is 11.9 Å². The molecule has 3 nitrogen and oxygen atoms in total. The summed E-state index contributed by atoms with van der Waals surface area (Å²) in [6.07, 6.45) is 14.3. The summed E-state index contributed by atoms with van der Waals surface area (Å²) in [5, 5.41) is 0. The number of rotatable bonds is 6. The van der Waals surface area contributed by atoms with E-state index in [0.29, 0.717) is 0 Å². The van der Waals surface area contributed by atoms with Gasteiger partial charge in [0.15, 0.2) is 0 Å². The topological polar surface area (TPSA) is 43.4 Å². The fourth-order valence-corrected chi connectivity index (χ4v) is 3.21. The molecule has 138 valence electrons. The number of hydrogen-bond donors (Lipinski definition) is 0. The maximum absolute atomic E-state index is 11.4. The number of allylic oxidation sites excluding steroid dienone is 8. The van der Waals surface area contributed by atoms with E-state index in [-0.39, 0.29) is 17.8 Å². The average molecular weight is 344 g/mol. The predicted octanol–water partition coefficient (Wildman–Crippen LogP) is 5.69. The molecule has 0 aromatic carbocycles. The minimum absolute atomic E-state index is 0.0297. The standard InChI is InChI=1S/C22H32O3/c1-16(9-7-10-17(2)15-21(24)25-19(4)23)12-13-20-18(3)11-8-14-22(20,5)6/h7,9-10,12-13,17H,8,11,14-15H2,1-6H3/b10-7+,13-12+,16-9+. The van der Waals surface area contributed by atoms with Crippen molar-refractivity contribution in [1.82, 2.24) is 0 Å². The summed E-state index contributed by atoms with van der Waals surface area (Å²) < 4.78 is 4.54. The molecule has 0 aliphatic heterocycles. The van der Waals surface area contributed by atoms with Crippen molar-refractivity contribution in [2.45, 2.75) is 67.2 Å². The molecule has 1 unspecified atom stereocenters. The Morgan fingerprint density at radius 1 is 1.28 bits per heavy atom. The molecule has 0 radical (unpaired) electrons. The molecular weight excluding hydrogens is 312 g/mol. The zero-order valence-electron chi connectivity index (χ0n) is 16.5. The van der Waals surface area contributed by atoms with E-state index in [4.69, 9.17) is 0 Å². The van der Waals surface area contributed by atoms with Gasteiger partial charge in [0, 0.05) is 6.92 Å². The van der Waals surface area contributed by atoms with Crippen LogP contribution in [-0.4, -0.2) is 11.9 Å². The van der Waals surface area contributed by atoms with Gasteiger partial charge >= 0.3 is 11.9 Å². The second-order valence-corrected chi connectivity index (χ2v) is 7.71. The largest absolute Gasteiger partial charge is 0.393 e. The quantitative estimate of drug-likeness (QED) is 0.353. The van der Waals surface area contributed by atoms with Gasteiger partial charge < -0.3 is 4.74 Å². The fourth-order valence-electron chi connectivity index (χ4n) is 3.21. The molecule has 0 bridgehead atoms. The fraction of sp³-hybridized carbons (Fsp3) is 0.545. The highest BCUT2D eigenvalue weighted by molar-refractivity contribution is 5.84. The molecule has 0 spiro atoms. The third-order valence-corrected chi connectivity index (χ3v) is 4.60. The van der Waals surface area contributed by atoms with Crippen LogP contribution >= 0.6 is 0 Å². The lowest BCUT2D eigenvalue weighted by atomic mass is 9.72. The van der Waals surface area contributed by atoms with Crippen LogP contribution in [0.4, 0.5) is 0 Å². The Hall–Kier alpha value is -1.90. The van der Waals surface area contributed by atoms with E-state index >= 15 is 0 Å². The first kappa shape index (κ1) is 21.1. The number of carbonyl (C=O) groups is 2. The van der Waals surface area contributed by atoms with Crippen molar-refractivity contribution in [1.29, 1.82) is 0 Å². The van der Waals surface area contributed by atoms with Gasteiger partial charge in [0.2, 0.25) is 0 Å². The van der Waals surface area contributed by atoms with Crippen LogP contribution in [0.5, 0.6) is 0 Å². The number of ether oxygens (including phenoxy) is 1. The van der Waals surface area contributed by atoms with Crippen LogP contribution in [-0.2, 0) is 14.3 Å². The van der Waals surface area contributed by atoms with E-state index in [2.05, 4.69) is 44.6 Å². The SMILES string of the molecule is CC(=O)OC(=O)CC(C)/C=C/C=C(C)/C=C/C1=C(C)CCCC1(C)C. The van der Waals surface area contributed by atoms with Crippen molar-refractivity contribution in [3.8, 4) is 0 Å². The molecule has 1 rings (SSSR count). The summed E-state index contributed by atoms with van der Waals surface area (Å²) in [4.78, 5) is 22.1. The van der Waals surface area contributed by atoms with Crippen molar-refractivity contribution < 1.29 is 14.3 Å². The molecule has 0 heterocycles. The zero-order chi connectivity index (χ0) is 19.0. The summed E-state index contributed by atoms with van der Waals surface area (Å²) in [5.41, 5.74) is 4.36. The van der Waals surface area contributed by atoms with Gasteiger partial charge in [-0.05, 0) is 50.0 Å². The first-order chi connectivity index (χ1) is 11.6. The lowest BCUT2D eigenvalue weighted by Crippen LogP contribution is -2.19. The van der Waals surface area contributed by atoms with Crippen LogP contribution in [0.3, 0.4) is 0 Å². The highest BCUT2D eigenvalue weighted by Gasteiger charge is 2.26. The lowest BCUT2D eigenvalue weighted by molar-refractivity contribution is -0.158. The highest BCUT2D eigenvalue weighted by Crippen LogP contribution is 2.40. The molecule has 0 N–H and O–H groups in total. The first-order valence-corrected chi connectivity index (χ1v) is 9.06. The number of hydrogen-bond acceptors (Lipinski definition) is 3. The maximum Gasteiger partial charge on any atom is 0.314 e. The first-order valence-electron chi connectivity index (χ1n) is 9.06. The molecule has 1 aliphatic rings. The smallest absolute Gasteiger partial charge is 0.314 e. The van der Waals surface area contributed by atoms with Crippen molar-refractivity contribution in [3.63, 3.8) is 0 Å². The Bertz CT molecular complexity index is 615. The van der Waals surface area contributed by atoms with Gasteiger partial charge in [-0.1, -0.05) is 62.3 Å². The van der Waals surface area contributed by atoms with Gasteiger partial charge in [0.1, 0.15) is 0 Å². The van der Waals surface area contributed by atoms with E-state index in [9.17, 15) is 9.59 Å². The highest BCUT2D eigenvalue weighted by atomic mass is 16.6. The van der Waals surface area contributed by atoms with Gasteiger partial charge in [-0.2, -0.15) is 0 Å². The van der Waals surface area contributed by atoms with Gasteiger partial charge in [-0.25, -0.2) is 0 Å². The minimum atomic E-state index is -0.558. The molecule has 0 saturated carbocycles. The number of esters is 2. The summed E-state index contributed by atoms with van der Waals surface area (Å²) in [6, 6.07) is 0. The average Bonchev–Trinajstić information content (AvgIpc) is 2.44. The molecule has 25 heavy (non-hydrogen) atoms. The Labute approximate surface area is 152 Å². The van der Waals surface area contributed by atoms with Crippen LogP contribution in [0, 0.1) is 11.3 Å². The Balaban J connectivity index is 2.63. The normalized spacial score (nSPS) is 19.5. The van der Waals surface area contributed by atoms with Crippen molar-refractivity contribution in [2.75, 3.05) is 0 Å². The third kappa shape index (κ3) is 7.68. The summed E-state index contributed by atoms with van der Waals surface area (Å²) in [5.74, 6) is -1.01. The van der Waals surface area contributed by atoms with Crippen LogP contribution < -0.4 is 0 Å². The maximum atomic E-state index is 11.4. The second-order valence-electron chi connectivity index (χ2n) is 7.71. The molecule has 0 amide bonds. The Morgan fingerprint density at radius 2 is 1.96 bits per heavy atom. The summed E-state index contributed by atoms with van der Waals surface area (Å²) >= 11 is 0. The van der Waals surface area contributed by atoms with Crippen molar-refractivity contribution in [3.05, 3.63) is 47.1 Å². The molecule has 1 aliphatic carbocycles. The molecule has 1 atom stereocenters. The Kier molecular flexibility index (Phi) is 8.08. The third-order valence-electron chi connectivity index (χ3n) is 4.60. The van der Waals surface area contributed by atoms with E-state index < -0.39 is 11.9 Å². The van der Waals surface area contributed by atoms with Gasteiger partial charge in [-0.3, -0.25) is 9.59 Å². The lowest BCUT2D eigenvalue weighted by Gasteiger charge is -2.32. The van der Waals surface area contributed by atoms with Crippen molar-refractivity contribution in [2.24, 2.45) is 11.3 Å². The number of carbonyl (C=O) groups excluding carboxylic acids is 2. The van der Waals surface area contributed by atoms with Gasteiger partial charge in [0.25, 0.3) is 0 Å². The molecule has 0 aromatic rings. The van der Waals surface area contributed by atoms with Crippen LogP contribution in [0.2, 0.25) is 0 Å². The molecule has 0 fully saturated rings. The predicted molar refractivity (Wildman–Crippen MR) is 103 cm³/mol. The molecule has 3 heteroatoms. The van der Waals surface area contributed by atoms with E-state index in [1.54, 1.807) is 0 Å². The van der Waals surface area contributed by atoms with Crippen LogP contribution in [0.25, 0.3) is 0 Å².